The van der Waals surface area contributed by atoms with E-state index in [-0.39, 0.29) is 47.8 Å². The zero-order valence-electron chi connectivity index (χ0n) is 17.5. The fourth-order valence-electron chi connectivity index (χ4n) is 3.63. The number of imidazole rings is 1. The number of pyridine rings is 1. The summed E-state index contributed by atoms with van der Waals surface area (Å²) in [6.45, 7) is 1.62. The van der Waals surface area contributed by atoms with Crippen molar-refractivity contribution in [2.24, 2.45) is 7.05 Å². The predicted octanol–water partition coefficient (Wildman–Crippen LogP) is 3.92. The van der Waals surface area contributed by atoms with E-state index in [1.807, 2.05) is 6.07 Å². The average Bonchev–Trinajstić information content (AvgIpc) is 3.52. The monoisotopic (exact) mass is 443 g/mol. The first-order valence-electron chi connectivity index (χ1n) is 10.0. The Hall–Kier alpha value is -3.61. The van der Waals surface area contributed by atoms with Crippen LogP contribution in [0.25, 0.3) is 22.3 Å². The fourth-order valence-corrected chi connectivity index (χ4v) is 3.63. The van der Waals surface area contributed by atoms with E-state index in [9.17, 15) is 23.2 Å². The molecule has 32 heavy (non-hydrogen) atoms. The van der Waals surface area contributed by atoms with Gasteiger partial charge in [0.2, 0.25) is 5.91 Å². The highest BCUT2D eigenvalue weighted by molar-refractivity contribution is 5.84. The van der Waals surface area contributed by atoms with Gasteiger partial charge >= 0.3 is 6.18 Å². The van der Waals surface area contributed by atoms with Crippen molar-refractivity contribution < 1.29 is 22.7 Å². The van der Waals surface area contributed by atoms with Crippen molar-refractivity contribution in [3.8, 4) is 23.1 Å². The van der Waals surface area contributed by atoms with Crippen LogP contribution in [0.15, 0.2) is 30.6 Å². The molecule has 4 rings (SSSR count). The zero-order valence-corrected chi connectivity index (χ0v) is 17.5. The largest absolute Gasteiger partial charge is 0.491 e. The highest BCUT2D eigenvalue weighted by Crippen LogP contribution is 2.39. The van der Waals surface area contributed by atoms with Crippen LogP contribution in [0, 0.1) is 11.3 Å². The summed E-state index contributed by atoms with van der Waals surface area (Å²) in [7, 11) is 1.73. The Bertz CT molecular complexity index is 1220. The summed E-state index contributed by atoms with van der Waals surface area (Å²) in [5, 5.41) is 9.38. The lowest BCUT2D eigenvalue weighted by Gasteiger charge is -2.21. The van der Waals surface area contributed by atoms with Crippen molar-refractivity contribution in [1.29, 1.82) is 5.26 Å². The van der Waals surface area contributed by atoms with E-state index in [1.54, 1.807) is 22.6 Å². The van der Waals surface area contributed by atoms with Crippen molar-refractivity contribution in [2.75, 3.05) is 13.2 Å². The number of carbonyl (C=O) groups excluding carboxylic acids is 1. The van der Waals surface area contributed by atoms with E-state index in [4.69, 9.17) is 4.74 Å². The maximum atomic E-state index is 13.8. The van der Waals surface area contributed by atoms with Crippen LogP contribution in [-0.2, 0) is 18.0 Å². The number of benzene rings is 1. The topological polar surface area (TPSA) is 84.0 Å². The van der Waals surface area contributed by atoms with Gasteiger partial charge in [-0.25, -0.2) is 9.97 Å². The second-order valence-electron chi connectivity index (χ2n) is 7.69. The second-order valence-corrected chi connectivity index (χ2v) is 7.69. The van der Waals surface area contributed by atoms with Gasteiger partial charge in [0.15, 0.2) is 5.69 Å². The SMILES string of the molecule is CC(=O)N(CCOc1ccc(-c2cc3c(ncn3C)c(C#N)n2)cc1C(F)(F)F)C1CC1. The molecule has 1 aliphatic carbocycles. The van der Waals surface area contributed by atoms with Crippen LogP contribution in [0.4, 0.5) is 13.2 Å². The molecule has 2 aromatic heterocycles. The van der Waals surface area contributed by atoms with Crippen molar-refractivity contribution in [1.82, 2.24) is 19.4 Å². The van der Waals surface area contributed by atoms with Gasteiger partial charge in [0.05, 0.1) is 29.6 Å². The van der Waals surface area contributed by atoms with Crippen LogP contribution in [-0.4, -0.2) is 44.5 Å². The molecule has 0 radical (unpaired) electrons. The molecule has 0 atom stereocenters. The maximum Gasteiger partial charge on any atom is 0.419 e. The number of hydrogen-bond acceptors (Lipinski definition) is 5. The molecule has 3 aromatic rings. The predicted molar refractivity (Wildman–Crippen MR) is 110 cm³/mol. The van der Waals surface area contributed by atoms with E-state index in [0.717, 1.165) is 18.9 Å². The number of halogens is 3. The maximum absolute atomic E-state index is 13.8. The minimum atomic E-state index is -4.66. The van der Waals surface area contributed by atoms with Crippen molar-refractivity contribution in [2.45, 2.75) is 32.0 Å². The first kappa shape index (κ1) is 21.6. The molecule has 10 heteroatoms. The minimum Gasteiger partial charge on any atom is -0.491 e. The smallest absolute Gasteiger partial charge is 0.419 e. The number of nitrogens with zero attached hydrogens (tertiary/aromatic N) is 5. The quantitative estimate of drug-likeness (QED) is 0.577. The molecule has 0 spiro atoms. The molecule has 0 bridgehead atoms. The third-order valence-electron chi connectivity index (χ3n) is 5.38. The van der Waals surface area contributed by atoms with E-state index in [0.29, 0.717) is 11.0 Å². The van der Waals surface area contributed by atoms with Gasteiger partial charge in [0.1, 0.15) is 23.9 Å². The van der Waals surface area contributed by atoms with Crippen LogP contribution in [0.2, 0.25) is 0 Å². The molecule has 1 fully saturated rings. The van der Waals surface area contributed by atoms with Gasteiger partial charge in [0, 0.05) is 25.6 Å². The number of carbonyl (C=O) groups is 1. The molecule has 0 N–H and O–H groups in total. The van der Waals surface area contributed by atoms with Gasteiger partial charge in [-0.15, -0.1) is 0 Å². The average molecular weight is 443 g/mol. The molecule has 2 heterocycles. The number of rotatable bonds is 6. The summed E-state index contributed by atoms with van der Waals surface area (Å²) in [6, 6.07) is 7.38. The van der Waals surface area contributed by atoms with E-state index >= 15 is 0 Å². The molecular formula is C22H20F3N5O2. The normalized spacial score (nSPS) is 13.8. The Morgan fingerprint density at radius 3 is 2.72 bits per heavy atom. The molecule has 0 unspecified atom stereocenters. The first-order valence-corrected chi connectivity index (χ1v) is 10.0. The molecular weight excluding hydrogens is 423 g/mol. The Labute approximate surface area is 182 Å². The summed E-state index contributed by atoms with van der Waals surface area (Å²) < 4.78 is 48.4. The molecule has 1 aliphatic rings. The van der Waals surface area contributed by atoms with Crippen molar-refractivity contribution in [3.63, 3.8) is 0 Å². The van der Waals surface area contributed by atoms with Gasteiger partial charge < -0.3 is 14.2 Å². The number of fused-ring (bicyclic) bond motifs is 1. The molecule has 1 amide bonds. The molecule has 1 aromatic carbocycles. The lowest BCUT2D eigenvalue weighted by atomic mass is 10.1. The highest BCUT2D eigenvalue weighted by Gasteiger charge is 2.35. The summed E-state index contributed by atoms with van der Waals surface area (Å²) in [5.41, 5.74) is 0.502. The minimum absolute atomic E-state index is 0.0383. The van der Waals surface area contributed by atoms with Gasteiger partial charge in [-0.05, 0) is 37.1 Å². The summed E-state index contributed by atoms with van der Waals surface area (Å²) >= 11 is 0. The van der Waals surface area contributed by atoms with Crippen LogP contribution in [0.5, 0.6) is 5.75 Å². The van der Waals surface area contributed by atoms with E-state index in [1.165, 1.54) is 25.4 Å². The Morgan fingerprint density at radius 1 is 1.34 bits per heavy atom. The Morgan fingerprint density at radius 2 is 2.09 bits per heavy atom. The number of nitriles is 1. The molecule has 166 valence electrons. The summed E-state index contributed by atoms with van der Waals surface area (Å²) in [6.07, 6.45) is -1.33. The Balaban J connectivity index is 1.64. The van der Waals surface area contributed by atoms with Crippen LogP contribution in [0.3, 0.4) is 0 Å². The molecule has 0 saturated heterocycles. The van der Waals surface area contributed by atoms with Gasteiger partial charge in [-0.3, -0.25) is 4.79 Å². The van der Waals surface area contributed by atoms with Crippen LogP contribution in [0.1, 0.15) is 31.0 Å². The first-order chi connectivity index (χ1) is 15.2. The van der Waals surface area contributed by atoms with E-state index in [2.05, 4.69) is 9.97 Å². The number of aromatic nitrogens is 3. The molecule has 7 nitrogen and oxygen atoms in total. The standard InChI is InChI=1S/C22H20F3N5O2/c1-13(31)30(15-4-5-15)7-8-32-20-6-3-14(9-16(20)22(23,24)25)17-10-19-21(18(11-26)28-17)27-12-29(19)2/h3,6,9-10,12,15H,4-5,7-8H2,1-2H3. The van der Waals surface area contributed by atoms with Crippen molar-refractivity contribution in [3.05, 3.63) is 41.9 Å². The van der Waals surface area contributed by atoms with Crippen molar-refractivity contribution >= 4 is 16.9 Å². The number of hydrogen-bond donors (Lipinski definition) is 0. The highest BCUT2D eigenvalue weighted by atomic mass is 19.4. The third kappa shape index (κ3) is 4.23. The van der Waals surface area contributed by atoms with Gasteiger partial charge in [-0.2, -0.15) is 18.4 Å². The third-order valence-corrected chi connectivity index (χ3v) is 5.38. The number of alkyl halides is 3. The number of amides is 1. The second kappa shape index (κ2) is 8.15. The fraction of sp³-hybridized carbons (Fsp3) is 0.364. The summed E-state index contributed by atoms with van der Waals surface area (Å²) in [4.78, 5) is 21.6. The van der Waals surface area contributed by atoms with Gasteiger partial charge in [-0.1, -0.05) is 0 Å². The molecule has 1 saturated carbocycles. The van der Waals surface area contributed by atoms with Gasteiger partial charge in [0.25, 0.3) is 0 Å². The number of ether oxygens (including phenoxy) is 1. The zero-order chi connectivity index (χ0) is 23.0. The van der Waals surface area contributed by atoms with E-state index < -0.39 is 11.7 Å². The number of aryl methyl sites for hydroxylation is 1. The van der Waals surface area contributed by atoms with Crippen LogP contribution < -0.4 is 4.74 Å². The Kier molecular flexibility index (Phi) is 5.50. The lowest BCUT2D eigenvalue weighted by molar-refractivity contribution is -0.139. The van der Waals surface area contributed by atoms with Crippen LogP contribution >= 0.6 is 0 Å². The lowest BCUT2D eigenvalue weighted by Crippen LogP contribution is -2.34. The summed E-state index contributed by atoms with van der Waals surface area (Å²) in [5.74, 6) is -0.435. The molecule has 0 aliphatic heterocycles.